The van der Waals surface area contributed by atoms with Crippen LogP contribution in [0.2, 0.25) is 0 Å². The van der Waals surface area contributed by atoms with E-state index < -0.39 is 18.5 Å². The molecular formula is C26H22N2O5. The van der Waals surface area contributed by atoms with Crippen molar-refractivity contribution >= 4 is 50.9 Å². The quantitative estimate of drug-likeness (QED) is 0.460. The van der Waals surface area contributed by atoms with Gasteiger partial charge in [-0.05, 0) is 31.4 Å². The summed E-state index contributed by atoms with van der Waals surface area (Å²) in [6.45, 7) is 3.11. The number of hydrogen-bond acceptors (Lipinski definition) is 5. The van der Waals surface area contributed by atoms with Crippen LogP contribution in [0.1, 0.15) is 29.5 Å². The Bertz CT molecular complexity index is 1420. The van der Waals surface area contributed by atoms with E-state index in [1.54, 1.807) is 38.1 Å². The van der Waals surface area contributed by atoms with Crippen molar-refractivity contribution in [2.24, 2.45) is 0 Å². The third-order valence-electron chi connectivity index (χ3n) is 5.97. The van der Waals surface area contributed by atoms with Crippen molar-refractivity contribution < 1.29 is 23.5 Å². The van der Waals surface area contributed by atoms with Crippen LogP contribution in [0.15, 0.2) is 65.1 Å². The Hall–Kier alpha value is -4.13. The number of para-hydroxylation sites is 2. The average Bonchev–Trinajstić information content (AvgIpc) is 3.08. The Kier molecular flexibility index (Phi) is 5.09. The van der Waals surface area contributed by atoms with Crippen LogP contribution >= 0.6 is 0 Å². The fourth-order valence-corrected chi connectivity index (χ4v) is 4.37. The summed E-state index contributed by atoms with van der Waals surface area (Å²) in [5.74, 6) is -1.22. The van der Waals surface area contributed by atoms with Gasteiger partial charge in [0.25, 0.3) is 5.91 Å². The summed E-state index contributed by atoms with van der Waals surface area (Å²) < 4.78 is 11.3. The van der Waals surface area contributed by atoms with Crippen molar-refractivity contribution in [3.63, 3.8) is 0 Å². The summed E-state index contributed by atoms with van der Waals surface area (Å²) in [7, 11) is 0. The Morgan fingerprint density at radius 3 is 2.67 bits per heavy atom. The third-order valence-corrected chi connectivity index (χ3v) is 5.97. The van der Waals surface area contributed by atoms with Crippen molar-refractivity contribution in [3.8, 4) is 0 Å². The maximum atomic E-state index is 13.1. The number of furan rings is 1. The first-order valence-electron chi connectivity index (χ1n) is 10.7. The molecule has 166 valence electrons. The van der Waals surface area contributed by atoms with Crippen LogP contribution in [-0.4, -0.2) is 30.4 Å². The molecule has 0 spiro atoms. The highest BCUT2D eigenvalue weighted by molar-refractivity contribution is 6.09. The van der Waals surface area contributed by atoms with Crippen LogP contribution in [0.25, 0.3) is 21.7 Å². The highest BCUT2D eigenvalue weighted by atomic mass is 16.5. The fraction of sp³-hybridized carbons (Fsp3) is 0.192. The first kappa shape index (κ1) is 20.8. The standard InChI is InChI=1S/C26H22N2O5/c1-15-13-22(29)27-20-9-5-6-10-21(20)28(15)23(30)14-32-26(31)24-16(2)18-12-11-17-7-3-4-8-19(17)25(18)33-24/h3-12,15H,13-14H2,1-2H3,(H,27,29). The maximum absolute atomic E-state index is 13.1. The Morgan fingerprint density at radius 2 is 1.82 bits per heavy atom. The van der Waals surface area contributed by atoms with Gasteiger partial charge < -0.3 is 19.4 Å². The number of carbonyl (C=O) groups is 3. The highest BCUT2D eigenvalue weighted by Gasteiger charge is 2.30. The third kappa shape index (κ3) is 3.61. The Balaban J connectivity index is 1.40. The van der Waals surface area contributed by atoms with Crippen LogP contribution in [0.3, 0.4) is 0 Å². The molecule has 1 aliphatic heterocycles. The number of aryl methyl sites for hydroxylation is 1. The summed E-state index contributed by atoms with van der Waals surface area (Å²) >= 11 is 0. The van der Waals surface area contributed by atoms with Gasteiger partial charge in [0.1, 0.15) is 5.58 Å². The first-order valence-corrected chi connectivity index (χ1v) is 10.7. The topological polar surface area (TPSA) is 88.9 Å². The summed E-state index contributed by atoms with van der Waals surface area (Å²) in [5, 5.41) is 5.54. The molecule has 1 aromatic heterocycles. The van der Waals surface area contributed by atoms with Gasteiger partial charge in [-0.25, -0.2) is 4.79 Å². The number of hydrogen-bond donors (Lipinski definition) is 1. The van der Waals surface area contributed by atoms with E-state index in [4.69, 9.17) is 9.15 Å². The number of ether oxygens (including phenoxy) is 1. The molecule has 1 unspecified atom stereocenters. The predicted molar refractivity (Wildman–Crippen MR) is 125 cm³/mol. The number of rotatable bonds is 3. The molecule has 0 radical (unpaired) electrons. The molecular weight excluding hydrogens is 420 g/mol. The minimum absolute atomic E-state index is 0.0790. The minimum atomic E-state index is -0.703. The molecule has 3 aromatic carbocycles. The number of carbonyl (C=O) groups excluding carboxylic acids is 3. The maximum Gasteiger partial charge on any atom is 0.375 e. The van der Waals surface area contributed by atoms with Gasteiger partial charge in [-0.3, -0.25) is 9.59 Å². The zero-order valence-corrected chi connectivity index (χ0v) is 18.3. The Labute approximate surface area is 189 Å². The lowest BCUT2D eigenvalue weighted by molar-refractivity contribution is -0.122. The largest absolute Gasteiger partial charge is 0.450 e. The van der Waals surface area contributed by atoms with Crippen LogP contribution in [0.4, 0.5) is 11.4 Å². The number of anilines is 2. The number of nitrogens with zero attached hydrogens (tertiary/aromatic N) is 1. The van der Waals surface area contributed by atoms with Gasteiger partial charge in [-0.2, -0.15) is 0 Å². The van der Waals surface area contributed by atoms with Crippen molar-refractivity contribution in [2.75, 3.05) is 16.8 Å². The molecule has 1 atom stereocenters. The minimum Gasteiger partial charge on any atom is -0.450 e. The molecule has 1 aliphatic rings. The number of benzene rings is 3. The number of nitrogens with one attached hydrogen (secondary N) is 1. The summed E-state index contributed by atoms with van der Waals surface area (Å²) in [6, 6.07) is 18.3. The number of fused-ring (bicyclic) bond motifs is 4. The van der Waals surface area contributed by atoms with Gasteiger partial charge in [0.15, 0.2) is 6.61 Å². The van der Waals surface area contributed by atoms with Crippen LogP contribution < -0.4 is 10.2 Å². The van der Waals surface area contributed by atoms with E-state index in [1.807, 2.05) is 36.4 Å². The predicted octanol–water partition coefficient (Wildman–Crippen LogP) is 4.82. The molecule has 0 bridgehead atoms. The van der Waals surface area contributed by atoms with Gasteiger partial charge in [0, 0.05) is 28.8 Å². The normalized spacial score (nSPS) is 15.8. The molecule has 7 heteroatoms. The summed E-state index contributed by atoms with van der Waals surface area (Å²) in [6.07, 6.45) is 0.143. The fourth-order valence-electron chi connectivity index (χ4n) is 4.37. The molecule has 2 amide bonds. The van der Waals surface area contributed by atoms with Crippen LogP contribution in [-0.2, 0) is 14.3 Å². The van der Waals surface area contributed by atoms with Crippen molar-refractivity contribution in [2.45, 2.75) is 26.3 Å². The molecule has 2 heterocycles. The van der Waals surface area contributed by atoms with E-state index >= 15 is 0 Å². The molecule has 0 saturated heterocycles. The second kappa shape index (κ2) is 8.09. The van der Waals surface area contributed by atoms with Crippen molar-refractivity contribution in [1.82, 2.24) is 0 Å². The molecule has 4 aromatic rings. The molecule has 0 aliphatic carbocycles. The molecule has 1 N–H and O–H groups in total. The monoisotopic (exact) mass is 442 g/mol. The SMILES string of the molecule is Cc1c(C(=O)OCC(=O)N2c3ccccc3NC(=O)CC2C)oc2c1ccc1ccccc12. The molecule has 0 fully saturated rings. The molecule has 0 saturated carbocycles. The highest BCUT2D eigenvalue weighted by Crippen LogP contribution is 2.33. The van der Waals surface area contributed by atoms with Gasteiger partial charge in [0.2, 0.25) is 11.7 Å². The van der Waals surface area contributed by atoms with Crippen LogP contribution in [0.5, 0.6) is 0 Å². The summed E-state index contributed by atoms with van der Waals surface area (Å²) in [5.41, 5.74) is 2.40. The molecule has 7 nitrogen and oxygen atoms in total. The smallest absolute Gasteiger partial charge is 0.375 e. The second-order valence-corrected chi connectivity index (χ2v) is 8.18. The number of esters is 1. The van der Waals surface area contributed by atoms with Gasteiger partial charge >= 0.3 is 5.97 Å². The van der Waals surface area contributed by atoms with E-state index in [9.17, 15) is 14.4 Å². The van der Waals surface area contributed by atoms with E-state index in [0.717, 1.165) is 16.2 Å². The zero-order chi connectivity index (χ0) is 23.1. The number of amides is 2. The van der Waals surface area contributed by atoms with Crippen LogP contribution in [0, 0.1) is 6.92 Å². The molecule has 5 rings (SSSR count). The van der Waals surface area contributed by atoms with E-state index in [2.05, 4.69) is 5.32 Å². The lowest BCUT2D eigenvalue weighted by Crippen LogP contribution is -2.41. The van der Waals surface area contributed by atoms with Crippen molar-refractivity contribution in [1.29, 1.82) is 0 Å². The average molecular weight is 442 g/mol. The molecule has 33 heavy (non-hydrogen) atoms. The van der Waals surface area contributed by atoms with Gasteiger partial charge in [0.05, 0.1) is 11.4 Å². The van der Waals surface area contributed by atoms with E-state index in [-0.39, 0.29) is 24.1 Å². The Morgan fingerprint density at radius 1 is 1.06 bits per heavy atom. The van der Waals surface area contributed by atoms with E-state index in [1.165, 1.54) is 4.90 Å². The zero-order valence-electron chi connectivity index (χ0n) is 18.3. The van der Waals surface area contributed by atoms with Crippen molar-refractivity contribution in [3.05, 3.63) is 72.0 Å². The van der Waals surface area contributed by atoms with Gasteiger partial charge in [-0.1, -0.05) is 48.5 Å². The van der Waals surface area contributed by atoms with Gasteiger partial charge in [-0.15, -0.1) is 0 Å². The lowest BCUT2D eigenvalue weighted by atomic mass is 10.1. The summed E-state index contributed by atoms with van der Waals surface area (Å²) in [4.78, 5) is 39.6. The second-order valence-electron chi connectivity index (χ2n) is 8.18. The first-order chi connectivity index (χ1) is 15.9. The van der Waals surface area contributed by atoms with E-state index in [0.29, 0.717) is 22.5 Å². The lowest BCUT2D eigenvalue weighted by Gasteiger charge is -2.27.